The van der Waals surface area contributed by atoms with Gasteiger partial charge in [0.05, 0.1) is 17.7 Å². The van der Waals surface area contributed by atoms with E-state index in [0.29, 0.717) is 22.6 Å². The van der Waals surface area contributed by atoms with Gasteiger partial charge in [-0.15, -0.1) is 0 Å². The third-order valence-electron chi connectivity index (χ3n) is 4.31. The van der Waals surface area contributed by atoms with Gasteiger partial charge in [0.15, 0.2) is 0 Å². The average molecular weight is 338 g/mol. The van der Waals surface area contributed by atoms with Crippen LogP contribution in [-0.4, -0.2) is 22.1 Å². The molecule has 0 unspecified atom stereocenters. The molecule has 0 N–H and O–H groups in total. The van der Waals surface area contributed by atoms with Crippen molar-refractivity contribution < 1.29 is 13.2 Å². The normalized spacial score (nSPS) is 14.0. The smallest absolute Gasteiger partial charge is 0.264 e. The molecule has 0 aliphatic carbocycles. The number of hydrogen-bond donors (Lipinski definition) is 0. The topological polar surface area (TPSA) is 46.6 Å². The van der Waals surface area contributed by atoms with E-state index in [1.165, 1.54) is 4.31 Å². The fourth-order valence-electron chi connectivity index (χ4n) is 3.16. The fourth-order valence-corrected chi connectivity index (χ4v) is 4.79. The number of benzene rings is 3. The second kappa shape index (κ2) is 5.53. The number of sulfonamides is 1. The van der Waals surface area contributed by atoms with Crippen LogP contribution < -0.4 is 9.04 Å². The van der Waals surface area contributed by atoms with Gasteiger partial charge in [-0.1, -0.05) is 42.5 Å². The van der Waals surface area contributed by atoms with Crippen molar-refractivity contribution in [1.82, 2.24) is 0 Å². The summed E-state index contributed by atoms with van der Waals surface area (Å²) in [6.07, 6.45) is 1.93. The number of nitrogens with zero attached hydrogens (tertiary/aromatic N) is 1. The summed E-state index contributed by atoms with van der Waals surface area (Å²) in [6.45, 7) is 0.349. The van der Waals surface area contributed by atoms with E-state index in [4.69, 9.17) is 4.74 Å². The van der Waals surface area contributed by atoms with Crippen LogP contribution in [0.3, 0.4) is 0 Å². The number of methoxy groups -OCH3 is 1. The van der Waals surface area contributed by atoms with Gasteiger partial charge >= 0.3 is 0 Å². The molecule has 0 atom stereocenters. The molecule has 5 heteroatoms. The molecule has 1 aliphatic heterocycles. The van der Waals surface area contributed by atoms with Crippen LogP contribution in [0.15, 0.2) is 65.6 Å². The third-order valence-corrected chi connectivity index (χ3v) is 6.15. The van der Waals surface area contributed by atoms with Crippen LogP contribution in [0.5, 0.6) is 5.75 Å². The summed E-state index contributed by atoms with van der Waals surface area (Å²) >= 11 is 0. The van der Waals surface area contributed by atoms with Gasteiger partial charge in [0.1, 0.15) is 5.75 Å². The molecule has 0 spiro atoms. The number of hydrogen-bond acceptors (Lipinski definition) is 3. The molecule has 0 aromatic heterocycles. The Morgan fingerprint density at radius 2 is 1.62 bits per heavy atom. The Morgan fingerprint density at radius 3 is 2.42 bits per heavy atom. The molecular weight excluding hydrogens is 322 g/mol. The number of fused-ring (bicyclic) bond motifs is 2. The highest BCUT2D eigenvalue weighted by Gasteiger charge is 2.32. The summed E-state index contributed by atoms with van der Waals surface area (Å²) < 4.78 is 33.4. The molecule has 3 aromatic rings. The van der Waals surface area contributed by atoms with Crippen molar-refractivity contribution in [2.75, 3.05) is 18.0 Å². The number of para-hydroxylation sites is 1. The Balaban J connectivity index is 1.92. The van der Waals surface area contributed by atoms with E-state index in [0.717, 1.165) is 16.6 Å². The van der Waals surface area contributed by atoms with Crippen molar-refractivity contribution in [3.05, 3.63) is 72.6 Å². The first-order valence-electron chi connectivity index (χ1n) is 7.63. The largest absolute Gasteiger partial charge is 0.496 e. The van der Waals surface area contributed by atoms with Gasteiger partial charge in [-0.2, -0.15) is 0 Å². The van der Waals surface area contributed by atoms with E-state index < -0.39 is 10.0 Å². The van der Waals surface area contributed by atoms with Crippen LogP contribution in [0.4, 0.5) is 5.69 Å². The van der Waals surface area contributed by atoms with Gasteiger partial charge in [0.2, 0.25) is 0 Å². The quantitative estimate of drug-likeness (QED) is 0.733. The van der Waals surface area contributed by atoms with Crippen LogP contribution >= 0.6 is 0 Å². The fraction of sp³-hybridized carbons (Fsp3) is 0.105. The van der Waals surface area contributed by atoms with Gasteiger partial charge in [0, 0.05) is 23.7 Å². The van der Waals surface area contributed by atoms with Gasteiger partial charge in [-0.3, -0.25) is 4.31 Å². The minimum atomic E-state index is -3.66. The van der Waals surface area contributed by atoms with E-state index in [1.807, 2.05) is 55.0 Å². The Labute approximate surface area is 141 Å². The molecular formula is C19H16NO3S. The van der Waals surface area contributed by atoms with Crippen molar-refractivity contribution in [3.8, 4) is 5.75 Å². The predicted octanol–water partition coefficient (Wildman–Crippen LogP) is 3.61. The average Bonchev–Trinajstić information content (AvgIpc) is 3.05. The Hall–Kier alpha value is -2.53. The first-order chi connectivity index (χ1) is 11.6. The molecule has 0 saturated carbocycles. The zero-order valence-corrected chi connectivity index (χ0v) is 14.0. The SMILES string of the molecule is COc1ccc(S(=O)(=O)N2C[CH]c3ccccc32)c2ccccc12. The lowest BCUT2D eigenvalue weighted by molar-refractivity contribution is 0.419. The van der Waals surface area contributed by atoms with Gasteiger partial charge in [-0.05, 0) is 23.8 Å². The molecule has 24 heavy (non-hydrogen) atoms. The van der Waals surface area contributed by atoms with Gasteiger partial charge in [-0.25, -0.2) is 8.42 Å². The molecule has 4 rings (SSSR count). The lowest BCUT2D eigenvalue weighted by Gasteiger charge is -2.21. The summed E-state index contributed by atoms with van der Waals surface area (Å²) in [7, 11) is -2.07. The zero-order valence-electron chi connectivity index (χ0n) is 13.1. The first-order valence-corrected chi connectivity index (χ1v) is 9.07. The maximum atomic E-state index is 13.3. The molecule has 1 aliphatic rings. The van der Waals surface area contributed by atoms with Gasteiger partial charge in [0.25, 0.3) is 10.0 Å². The standard InChI is InChI=1S/C19H16NO3S/c1-23-18-10-11-19(16-8-4-3-7-15(16)18)24(21,22)20-13-12-14-6-2-5-9-17(14)20/h2-12H,13H2,1H3. The summed E-state index contributed by atoms with van der Waals surface area (Å²) in [5.41, 5.74) is 1.66. The van der Waals surface area contributed by atoms with Crippen LogP contribution in [0, 0.1) is 6.42 Å². The monoisotopic (exact) mass is 338 g/mol. The third kappa shape index (κ3) is 2.16. The van der Waals surface area contributed by atoms with Crippen LogP contribution in [0.25, 0.3) is 10.8 Å². The Kier molecular flexibility index (Phi) is 3.46. The molecule has 3 aromatic carbocycles. The molecule has 0 amide bonds. The lowest BCUT2D eigenvalue weighted by atomic mass is 10.1. The van der Waals surface area contributed by atoms with Crippen molar-refractivity contribution in [2.45, 2.75) is 4.90 Å². The summed E-state index contributed by atoms with van der Waals surface area (Å²) in [5, 5.41) is 1.46. The summed E-state index contributed by atoms with van der Waals surface area (Å²) in [4.78, 5) is 0.295. The maximum absolute atomic E-state index is 13.3. The van der Waals surface area contributed by atoms with Gasteiger partial charge < -0.3 is 4.74 Å². The second-order valence-corrected chi connectivity index (χ2v) is 7.44. The van der Waals surface area contributed by atoms with Crippen molar-refractivity contribution >= 4 is 26.5 Å². The molecule has 0 bridgehead atoms. The molecule has 0 fully saturated rings. The highest BCUT2D eigenvalue weighted by Crippen LogP contribution is 2.37. The first kappa shape index (κ1) is 15.0. The second-order valence-electron chi connectivity index (χ2n) is 5.61. The Bertz CT molecular complexity index is 1030. The molecule has 1 radical (unpaired) electrons. The van der Waals surface area contributed by atoms with E-state index in [-0.39, 0.29) is 0 Å². The van der Waals surface area contributed by atoms with Crippen LogP contribution in [0.1, 0.15) is 5.56 Å². The predicted molar refractivity (Wildman–Crippen MR) is 94.9 cm³/mol. The highest BCUT2D eigenvalue weighted by molar-refractivity contribution is 7.93. The lowest BCUT2D eigenvalue weighted by Crippen LogP contribution is -2.29. The zero-order chi connectivity index (χ0) is 16.7. The summed E-state index contributed by atoms with van der Waals surface area (Å²) in [6, 6.07) is 18.3. The van der Waals surface area contributed by atoms with Crippen LogP contribution in [-0.2, 0) is 10.0 Å². The van der Waals surface area contributed by atoms with E-state index in [9.17, 15) is 8.42 Å². The highest BCUT2D eigenvalue weighted by atomic mass is 32.2. The molecule has 121 valence electrons. The van der Waals surface area contributed by atoms with E-state index in [1.54, 1.807) is 19.2 Å². The van der Waals surface area contributed by atoms with E-state index in [2.05, 4.69) is 0 Å². The summed E-state index contributed by atoms with van der Waals surface area (Å²) in [5.74, 6) is 0.665. The molecule has 4 nitrogen and oxygen atoms in total. The molecule has 0 saturated heterocycles. The minimum absolute atomic E-state index is 0.295. The number of rotatable bonds is 3. The van der Waals surface area contributed by atoms with Crippen molar-refractivity contribution in [1.29, 1.82) is 0 Å². The number of ether oxygens (including phenoxy) is 1. The van der Waals surface area contributed by atoms with Crippen LogP contribution in [0.2, 0.25) is 0 Å². The minimum Gasteiger partial charge on any atom is -0.496 e. The number of anilines is 1. The maximum Gasteiger partial charge on any atom is 0.264 e. The van der Waals surface area contributed by atoms with Crippen molar-refractivity contribution in [3.63, 3.8) is 0 Å². The van der Waals surface area contributed by atoms with Crippen molar-refractivity contribution in [2.24, 2.45) is 0 Å². The Morgan fingerprint density at radius 1 is 0.917 bits per heavy atom. The van der Waals surface area contributed by atoms with E-state index >= 15 is 0 Å². The molecule has 1 heterocycles.